The first kappa shape index (κ1) is 19.7. The van der Waals surface area contributed by atoms with Crippen LogP contribution in [0.2, 0.25) is 0 Å². The van der Waals surface area contributed by atoms with Crippen LogP contribution >= 0.6 is 0 Å². The molecule has 0 atom stereocenters. The number of hydrogen-bond acceptors (Lipinski definition) is 4. The molecule has 1 aliphatic rings. The van der Waals surface area contributed by atoms with Crippen LogP contribution in [-0.4, -0.2) is 46.0 Å². The number of anilines is 2. The molecule has 1 fully saturated rings. The van der Waals surface area contributed by atoms with Gasteiger partial charge < -0.3 is 9.80 Å². The van der Waals surface area contributed by atoms with Crippen LogP contribution in [0, 0.1) is 20.8 Å². The van der Waals surface area contributed by atoms with E-state index in [0.717, 1.165) is 55.1 Å². The van der Waals surface area contributed by atoms with Gasteiger partial charge >= 0.3 is 0 Å². The fourth-order valence-corrected chi connectivity index (χ4v) is 5.37. The number of likely N-dealkylation sites (N-methyl/N-ethyl adjacent to an activating group) is 1. The number of benzene rings is 2. The fourth-order valence-electron chi connectivity index (χ4n) is 3.86. The van der Waals surface area contributed by atoms with E-state index in [1.54, 1.807) is 0 Å². The predicted molar refractivity (Wildman–Crippen MR) is 112 cm³/mol. The van der Waals surface area contributed by atoms with Gasteiger partial charge in [-0.1, -0.05) is 24.6 Å². The molecule has 2 aromatic carbocycles. The van der Waals surface area contributed by atoms with E-state index >= 15 is 0 Å². The summed E-state index contributed by atoms with van der Waals surface area (Å²) >= 11 is 0. The minimum atomic E-state index is -3.61. The zero-order chi connectivity index (χ0) is 19.6. The van der Waals surface area contributed by atoms with Crippen molar-refractivity contribution >= 4 is 21.4 Å². The average Bonchev–Trinajstić information content (AvgIpc) is 2.61. The van der Waals surface area contributed by atoms with E-state index in [2.05, 4.69) is 21.4 Å². The predicted octanol–water partition coefficient (Wildman–Crippen LogP) is 3.55. The fraction of sp³-hybridized carbons (Fsp3) is 0.429. The summed E-state index contributed by atoms with van der Waals surface area (Å²) in [7, 11) is -3.61. The second-order valence-corrected chi connectivity index (χ2v) is 8.92. The van der Waals surface area contributed by atoms with Gasteiger partial charge in [-0.3, -0.25) is 4.72 Å². The van der Waals surface area contributed by atoms with Crippen molar-refractivity contribution in [1.29, 1.82) is 0 Å². The average molecular weight is 388 g/mol. The Morgan fingerprint density at radius 3 is 2.00 bits per heavy atom. The quantitative estimate of drug-likeness (QED) is 0.852. The minimum Gasteiger partial charge on any atom is -0.369 e. The van der Waals surface area contributed by atoms with E-state index in [1.807, 2.05) is 57.2 Å². The molecule has 0 aliphatic carbocycles. The highest BCUT2D eigenvalue weighted by molar-refractivity contribution is 7.92. The van der Waals surface area contributed by atoms with E-state index in [4.69, 9.17) is 0 Å². The van der Waals surface area contributed by atoms with E-state index in [0.29, 0.717) is 10.6 Å². The molecule has 1 heterocycles. The number of hydrogen-bond donors (Lipinski definition) is 1. The highest BCUT2D eigenvalue weighted by Crippen LogP contribution is 2.26. The van der Waals surface area contributed by atoms with Gasteiger partial charge in [0.25, 0.3) is 10.0 Å². The molecule has 5 nitrogen and oxygen atoms in total. The smallest absolute Gasteiger partial charge is 0.262 e. The van der Waals surface area contributed by atoms with Crippen molar-refractivity contribution in [1.82, 2.24) is 4.90 Å². The number of piperazine rings is 1. The standard InChI is InChI=1S/C21H29N3O2S/c1-5-23-10-12-24(13-11-23)20-8-6-19(7-9-20)22-27(25,26)21-17(3)14-16(2)15-18(21)4/h6-9,14-15,22H,5,10-13H2,1-4H3. The molecule has 1 aliphatic heterocycles. The Bertz CT molecular complexity index is 877. The monoisotopic (exact) mass is 387 g/mol. The van der Waals surface area contributed by atoms with E-state index in [1.165, 1.54) is 0 Å². The largest absolute Gasteiger partial charge is 0.369 e. The van der Waals surface area contributed by atoms with Crippen molar-refractivity contribution < 1.29 is 8.42 Å². The van der Waals surface area contributed by atoms with Crippen LogP contribution in [0.15, 0.2) is 41.3 Å². The highest BCUT2D eigenvalue weighted by Gasteiger charge is 2.20. The first-order chi connectivity index (χ1) is 12.8. The van der Waals surface area contributed by atoms with Crippen molar-refractivity contribution in [2.75, 3.05) is 42.3 Å². The maximum absolute atomic E-state index is 12.9. The molecule has 2 aromatic rings. The summed E-state index contributed by atoms with van der Waals surface area (Å²) < 4.78 is 28.5. The molecule has 0 amide bonds. The molecule has 0 saturated carbocycles. The first-order valence-corrected chi connectivity index (χ1v) is 11.0. The summed E-state index contributed by atoms with van der Waals surface area (Å²) in [4.78, 5) is 5.15. The lowest BCUT2D eigenvalue weighted by Gasteiger charge is -2.35. The zero-order valence-corrected chi connectivity index (χ0v) is 17.4. The Balaban J connectivity index is 1.75. The Kier molecular flexibility index (Phi) is 5.77. The lowest BCUT2D eigenvalue weighted by atomic mass is 10.1. The van der Waals surface area contributed by atoms with Gasteiger partial charge in [0.2, 0.25) is 0 Å². The molecule has 0 unspecified atom stereocenters. The summed E-state index contributed by atoms with van der Waals surface area (Å²) in [6, 6.07) is 11.5. The molecule has 27 heavy (non-hydrogen) atoms. The Morgan fingerprint density at radius 2 is 1.48 bits per heavy atom. The molecule has 146 valence electrons. The van der Waals surface area contributed by atoms with E-state index in [-0.39, 0.29) is 0 Å². The molecular formula is C21H29N3O2S. The third kappa shape index (κ3) is 4.45. The van der Waals surface area contributed by atoms with Gasteiger partial charge in [0, 0.05) is 37.6 Å². The van der Waals surface area contributed by atoms with Crippen LogP contribution in [0.5, 0.6) is 0 Å². The van der Waals surface area contributed by atoms with Crippen LogP contribution in [0.4, 0.5) is 11.4 Å². The third-order valence-corrected chi connectivity index (χ3v) is 6.86. The van der Waals surface area contributed by atoms with Crippen LogP contribution in [0.3, 0.4) is 0 Å². The Labute approximate surface area is 163 Å². The van der Waals surface area contributed by atoms with Gasteiger partial charge in [-0.15, -0.1) is 0 Å². The number of nitrogens with zero attached hydrogens (tertiary/aromatic N) is 2. The van der Waals surface area contributed by atoms with Crippen molar-refractivity contribution in [2.45, 2.75) is 32.6 Å². The maximum atomic E-state index is 12.9. The summed E-state index contributed by atoms with van der Waals surface area (Å²) in [6.45, 7) is 13.1. The van der Waals surface area contributed by atoms with Gasteiger partial charge in [0.1, 0.15) is 0 Å². The molecule has 1 N–H and O–H groups in total. The van der Waals surface area contributed by atoms with Crippen molar-refractivity contribution in [3.63, 3.8) is 0 Å². The molecule has 3 rings (SSSR count). The topological polar surface area (TPSA) is 52.6 Å². The van der Waals surface area contributed by atoms with Crippen LogP contribution < -0.4 is 9.62 Å². The van der Waals surface area contributed by atoms with Gasteiger partial charge in [0.15, 0.2) is 0 Å². The van der Waals surface area contributed by atoms with Crippen LogP contribution in [0.1, 0.15) is 23.6 Å². The summed E-state index contributed by atoms with van der Waals surface area (Å²) in [5.74, 6) is 0. The van der Waals surface area contributed by atoms with Crippen LogP contribution in [0.25, 0.3) is 0 Å². The Hall–Kier alpha value is -2.05. The highest BCUT2D eigenvalue weighted by atomic mass is 32.2. The van der Waals surface area contributed by atoms with Crippen molar-refractivity contribution in [3.05, 3.63) is 53.1 Å². The molecular weight excluding hydrogens is 358 g/mol. The Morgan fingerprint density at radius 1 is 0.926 bits per heavy atom. The second-order valence-electron chi connectivity index (χ2n) is 7.30. The van der Waals surface area contributed by atoms with Gasteiger partial charge in [0.05, 0.1) is 4.90 Å². The number of sulfonamides is 1. The molecule has 0 radical (unpaired) electrons. The lowest BCUT2D eigenvalue weighted by molar-refractivity contribution is 0.271. The van der Waals surface area contributed by atoms with Crippen molar-refractivity contribution in [2.24, 2.45) is 0 Å². The third-order valence-electron chi connectivity index (χ3n) is 5.18. The van der Waals surface area contributed by atoms with Crippen molar-refractivity contribution in [3.8, 4) is 0 Å². The summed E-state index contributed by atoms with van der Waals surface area (Å²) in [5, 5.41) is 0. The second kappa shape index (κ2) is 7.90. The van der Waals surface area contributed by atoms with E-state index < -0.39 is 10.0 Å². The first-order valence-electron chi connectivity index (χ1n) is 9.48. The van der Waals surface area contributed by atoms with Crippen LogP contribution in [-0.2, 0) is 10.0 Å². The van der Waals surface area contributed by atoms with Gasteiger partial charge in [-0.05, 0) is 62.7 Å². The summed E-state index contributed by atoms with van der Waals surface area (Å²) in [6.07, 6.45) is 0. The maximum Gasteiger partial charge on any atom is 0.262 e. The SMILES string of the molecule is CCN1CCN(c2ccc(NS(=O)(=O)c3c(C)cc(C)cc3C)cc2)CC1. The number of rotatable bonds is 5. The summed E-state index contributed by atoms with van der Waals surface area (Å²) in [5.41, 5.74) is 4.33. The molecule has 0 aromatic heterocycles. The molecule has 6 heteroatoms. The van der Waals surface area contributed by atoms with Gasteiger partial charge in [-0.25, -0.2) is 8.42 Å². The normalized spacial score (nSPS) is 15.8. The molecule has 0 bridgehead atoms. The zero-order valence-electron chi connectivity index (χ0n) is 16.6. The number of aryl methyl sites for hydroxylation is 3. The molecule has 1 saturated heterocycles. The lowest BCUT2D eigenvalue weighted by Crippen LogP contribution is -2.46. The van der Waals surface area contributed by atoms with E-state index in [9.17, 15) is 8.42 Å². The van der Waals surface area contributed by atoms with Gasteiger partial charge in [-0.2, -0.15) is 0 Å². The molecule has 0 spiro atoms. The minimum absolute atomic E-state index is 0.368. The number of nitrogens with one attached hydrogen (secondary N) is 1.